The zero-order valence-corrected chi connectivity index (χ0v) is 8.58. The fraction of sp³-hybridized carbons (Fsp3) is 1.00. The molecule has 0 aromatic heterocycles. The van der Waals surface area contributed by atoms with Crippen molar-refractivity contribution in [1.82, 2.24) is 10.2 Å². The summed E-state index contributed by atoms with van der Waals surface area (Å²) in [7, 11) is 0. The standard InChI is InChI=1S/C7H13IN2O/c8-7-3-9-1-2-10(7)6-4-11-5-6/h6-7,9H,1-5H2. The van der Waals surface area contributed by atoms with E-state index in [2.05, 4.69) is 32.8 Å². The van der Waals surface area contributed by atoms with Crippen molar-refractivity contribution >= 4 is 22.6 Å². The molecule has 2 rings (SSSR count). The first-order chi connectivity index (χ1) is 5.38. The van der Waals surface area contributed by atoms with Crippen molar-refractivity contribution < 1.29 is 4.74 Å². The van der Waals surface area contributed by atoms with Crippen molar-refractivity contribution in [2.45, 2.75) is 10.1 Å². The molecule has 0 radical (unpaired) electrons. The largest absolute Gasteiger partial charge is 0.378 e. The summed E-state index contributed by atoms with van der Waals surface area (Å²) in [6, 6.07) is 0.707. The number of nitrogens with zero attached hydrogens (tertiary/aromatic N) is 1. The monoisotopic (exact) mass is 268 g/mol. The Hall–Kier alpha value is 0.610. The molecular formula is C7H13IN2O. The van der Waals surface area contributed by atoms with E-state index in [1.807, 2.05) is 0 Å². The first-order valence-electron chi connectivity index (χ1n) is 4.06. The third kappa shape index (κ3) is 1.68. The molecule has 2 fully saturated rings. The van der Waals surface area contributed by atoms with E-state index in [0.717, 1.165) is 26.3 Å². The maximum atomic E-state index is 5.17. The Morgan fingerprint density at radius 2 is 2.27 bits per heavy atom. The zero-order valence-electron chi connectivity index (χ0n) is 6.42. The lowest BCUT2D eigenvalue weighted by Crippen LogP contribution is -2.58. The smallest absolute Gasteiger partial charge is 0.0749 e. The van der Waals surface area contributed by atoms with Crippen molar-refractivity contribution in [3.8, 4) is 0 Å². The lowest BCUT2D eigenvalue weighted by molar-refractivity contribution is -0.0703. The Kier molecular flexibility index (Phi) is 2.65. The van der Waals surface area contributed by atoms with Gasteiger partial charge in [0, 0.05) is 19.6 Å². The Balaban J connectivity index is 1.88. The molecule has 0 amide bonds. The molecule has 0 aromatic carbocycles. The summed E-state index contributed by atoms with van der Waals surface area (Å²) in [6.45, 7) is 5.33. The molecule has 1 unspecified atom stereocenters. The van der Waals surface area contributed by atoms with Crippen LogP contribution in [-0.4, -0.2) is 47.8 Å². The van der Waals surface area contributed by atoms with E-state index in [9.17, 15) is 0 Å². The Bertz CT molecular complexity index is 138. The van der Waals surface area contributed by atoms with Gasteiger partial charge in [0.25, 0.3) is 0 Å². The molecule has 64 valence electrons. The molecule has 4 heteroatoms. The fourth-order valence-electron chi connectivity index (χ4n) is 1.51. The Morgan fingerprint density at radius 1 is 1.45 bits per heavy atom. The van der Waals surface area contributed by atoms with Gasteiger partial charge in [0.05, 0.1) is 23.3 Å². The van der Waals surface area contributed by atoms with Gasteiger partial charge in [-0.1, -0.05) is 22.6 Å². The number of hydrogen-bond acceptors (Lipinski definition) is 3. The summed E-state index contributed by atoms with van der Waals surface area (Å²) in [5.41, 5.74) is 0. The van der Waals surface area contributed by atoms with Gasteiger partial charge < -0.3 is 10.1 Å². The number of hydrogen-bond donors (Lipinski definition) is 1. The van der Waals surface area contributed by atoms with Gasteiger partial charge in [0.15, 0.2) is 0 Å². The molecule has 0 spiro atoms. The van der Waals surface area contributed by atoms with E-state index < -0.39 is 0 Å². The highest BCUT2D eigenvalue weighted by Crippen LogP contribution is 2.18. The van der Waals surface area contributed by atoms with Gasteiger partial charge in [0.1, 0.15) is 0 Å². The van der Waals surface area contributed by atoms with Crippen molar-refractivity contribution in [2.75, 3.05) is 32.8 Å². The van der Waals surface area contributed by atoms with Gasteiger partial charge in [-0.25, -0.2) is 0 Å². The van der Waals surface area contributed by atoms with Crippen molar-refractivity contribution in [1.29, 1.82) is 0 Å². The number of ether oxygens (including phenoxy) is 1. The van der Waals surface area contributed by atoms with Gasteiger partial charge in [0.2, 0.25) is 0 Å². The van der Waals surface area contributed by atoms with Crippen LogP contribution in [0.2, 0.25) is 0 Å². The second kappa shape index (κ2) is 3.55. The first-order valence-corrected chi connectivity index (χ1v) is 5.31. The molecule has 2 heterocycles. The van der Waals surface area contributed by atoms with Crippen LogP contribution < -0.4 is 5.32 Å². The SMILES string of the molecule is IC1CNCCN1C1COC1. The second-order valence-corrected chi connectivity index (χ2v) is 4.51. The van der Waals surface area contributed by atoms with Crippen LogP contribution in [0.3, 0.4) is 0 Å². The van der Waals surface area contributed by atoms with Crippen molar-refractivity contribution in [2.24, 2.45) is 0 Å². The Morgan fingerprint density at radius 3 is 2.82 bits per heavy atom. The topological polar surface area (TPSA) is 24.5 Å². The molecule has 0 saturated carbocycles. The third-order valence-corrected chi connectivity index (χ3v) is 3.46. The highest BCUT2D eigenvalue weighted by atomic mass is 127. The second-order valence-electron chi connectivity index (χ2n) is 3.07. The van der Waals surface area contributed by atoms with Crippen molar-refractivity contribution in [3.05, 3.63) is 0 Å². The van der Waals surface area contributed by atoms with Crippen LogP contribution in [0, 0.1) is 0 Å². The lowest BCUT2D eigenvalue weighted by Gasteiger charge is -2.42. The Labute approximate surface area is 80.6 Å². The number of halogens is 1. The van der Waals surface area contributed by atoms with Crippen LogP contribution in [0.4, 0.5) is 0 Å². The van der Waals surface area contributed by atoms with Crippen LogP contribution in [0.25, 0.3) is 0 Å². The summed E-state index contributed by atoms with van der Waals surface area (Å²) in [5.74, 6) is 0. The predicted octanol–water partition coefficient (Wildman–Crippen LogP) is 0.0515. The van der Waals surface area contributed by atoms with Crippen molar-refractivity contribution in [3.63, 3.8) is 0 Å². The average molecular weight is 268 g/mol. The highest BCUT2D eigenvalue weighted by Gasteiger charge is 2.31. The molecule has 0 aliphatic carbocycles. The molecule has 0 bridgehead atoms. The van der Waals surface area contributed by atoms with Crippen LogP contribution in [-0.2, 0) is 4.74 Å². The number of rotatable bonds is 1. The zero-order chi connectivity index (χ0) is 7.68. The average Bonchev–Trinajstić information content (AvgIpc) is 1.90. The summed E-state index contributed by atoms with van der Waals surface area (Å²) in [6.07, 6.45) is 0. The molecule has 1 N–H and O–H groups in total. The molecule has 1 atom stereocenters. The molecule has 11 heavy (non-hydrogen) atoms. The predicted molar refractivity (Wildman–Crippen MR) is 52.0 cm³/mol. The molecular weight excluding hydrogens is 255 g/mol. The van der Waals surface area contributed by atoms with E-state index in [0.29, 0.717) is 10.1 Å². The van der Waals surface area contributed by atoms with E-state index >= 15 is 0 Å². The van der Waals surface area contributed by atoms with Gasteiger partial charge in [-0.2, -0.15) is 0 Å². The van der Waals surface area contributed by atoms with E-state index in [1.165, 1.54) is 6.54 Å². The van der Waals surface area contributed by atoms with Gasteiger partial charge in [-0.15, -0.1) is 0 Å². The van der Waals surface area contributed by atoms with Crippen LogP contribution in [0.5, 0.6) is 0 Å². The molecule has 3 nitrogen and oxygen atoms in total. The third-order valence-electron chi connectivity index (χ3n) is 2.31. The van der Waals surface area contributed by atoms with E-state index in [-0.39, 0.29) is 0 Å². The normalized spacial score (nSPS) is 35.2. The maximum Gasteiger partial charge on any atom is 0.0749 e. The molecule has 2 aliphatic heterocycles. The summed E-state index contributed by atoms with van der Waals surface area (Å²) in [5, 5.41) is 3.38. The quantitative estimate of drug-likeness (QED) is 0.413. The van der Waals surface area contributed by atoms with Crippen LogP contribution >= 0.6 is 22.6 Å². The van der Waals surface area contributed by atoms with Gasteiger partial charge in [-0.05, 0) is 0 Å². The summed E-state index contributed by atoms with van der Waals surface area (Å²) in [4.78, 5) is 2.54. The summed E-state index contributed by atoms with van der Waals surface area (Å²) < 4.78 is 5.83. The molecule has 2 saturated heterocycles. The van der Waals surface area contributed by atoms with E-state index in [4.69, 9.17) is 4.74 Å². The summed E-state index contributed by atoms with van der Waals surface area (Å²) >= 11 is 2.50. The van der Waals surface area contributed by atoms with Gasteiger partial charge in [-0.3, -0.25) is 4.90 Å². The number of nitrogens with one attached hydrogen (secondary N) is 1. The number of piperazine rings is 1. The minimum Gasteiger partial charge on any atom is -0.378 e. The number of alkyl halides is 1. The molecule has 0 aromatic rings. The van der Waals surface area contributed by atoms with E-state index in [1.54, 1.807) is 0 Å². The fourth-order valence-corrected chi connectivity index (χ4v) is 2.56. The minimum absolute atomic E-state index is 0.662. The van der Waals surface area contributed by atoms with Gasteiger partial charge >= 0.3 is 0 Å². The maximum absolute atomic E-state index is 5.17. The minimum atomic E-state index is 0.662. The lowest BCUT2D eigenvalue weighted by atomic mass is 10.2. The van der Waals surface area contributed by atoms with Crippen LogP contribution in [0.15, 0.2) is 0 Å². The molecule has 2 aliphatic rings. The first kappa shape index (κ1) is 8.22. The highest BCUT2D eigenvalue weighted by molar-refractivity contribution is 14.1. The van der Waals surface area contributed by atoms with Crippen LogP contribution in [0.1, 0.15) is 0 Å².